The Kier molecular flexibility index (Phi) is 4.18. The van der Waals surface area contributed by atoms with Crippen molar-refractivity contribution >= 4 is 17.2 Å². The van der Waals surface area contributed by atoms with Crippen LogP contribution >= 0.6 is 11.3 Å². The molecule has 0 spiro atoms. The van der Waals surface area contributed by atoms with Crippen LogP contribution in [0.5, 0.6) is 0 Å². The topological polar surface area (TPSA) is 20.3 Å². The second kappa shape index (κ2) is 6.62. The third kappa shape index (κ3) is 3.26. The van der Waals surface area contributed by atoms with Crippen molar-refractivity contribution in [1.29, 1.82) is 0 Å². The molecule has 1 amide bonds. The number of hydrogen-bond acceptors (Lipinski definition) is 2. The van der Waals surface area contributed by atoms with E-state index in [0.717, 1.165) is 24.0 Å². The number of benzene rings is 2. The molecule has 1 fully saturated rings. The fourth-order valence-electron chi connectivity index (χ4n) is 2.93. The van der Waals surface area contributed by atoms with E-state index in [-0.39, 0.29) is 5.91 Å². The molecule has 1 saturated carbocycles. The summed E-state index contributed by atoms with van der Waals surface area (Å²) in [6.07, 6.45) is 2.25. The lowest BCUT2D eigenvalue weighted by Gasteiger charge is -2.22. The van der Waals surface area contributed by atoms with Crippen LogP contribution < -0.4 is 0 Å². The average molecular weight is 333 g/mol. The first-order chi connectivity index (χ1) is 11.8. The Morgan fingerprint density at radius 3 is 2.29 bits per heavy atom. The zero-order chi connectivity index (χ0) is 16.4. The van der Waals surface area contributed by atoms with E-state index in [9.17, 15) is 4.79 Å². The molecule has 0 atom stereocenters. The van der Waals surface area contributed by atoms with Gasteiger partial charge in [-0.2, -0.15) is 11.3 Å². The predicted octanol–water partition coefficient (Wildman–Crippen LogP) is 5.22. The normalized spacial score (nSPS) is 13.7. The summed E-state index contributed by atoms with van der Waals surface area (Å²) >= 11 is 1.68. The molecule has 3 heteroatoms. The average Bonchev–Trinajstić information content (AvgIpc) is 3.36. The Hall–Kier alpha value is -2.39. The third-order valence-electron chi connectivity index (χ3n) is 4.42. The smallest absolute Gasteiger partial charge is 0.254 e. The monoisotopic (exact) mass is 333 g/mol. The summed E-state index contributed by atoms with van der Waals surface area (Å²) in [6.45, 7) is 0.716. The summed E-state index contributed by atoms with van der Waals surface area (Å²) in [5.41, 5.74) is 4.31. The molecule has 24 heavy (non-hydrogen) atoms. The van der Waals surface area contributed by atoms with Gasteiger partial charge in [-0.15, -0.1) is 0 Å². The second-order valence-electron chi connectivity index (χ2n) is 6.24. The highest BCUT2D eigenvalue weighted by Crippen LogP contribution is 2.30. The van der Waals surface area contributed by atoms with Crippen molar-refractivity contribution in [3.63, 3.8) is 0 Å². The van der Waals surface area contributed by atoms with Crippen LogP contribution in [0.1, 0.15) is 28.8 Å². The van der Waals surface area contributed by atoms with Crippen LogP contribution in [0.4, 0.5) is 0 Å². The van der Waals surface area contributed by atoms with Crippen molar-refractivity contribution in [2.75, 3.05) is 0 Å². The van der Waals surface area contributed by atoms with Gasteiger partial charge in [-0.05, 0) is 58.5 Å². The highest BCUT2D eigenvalue weighted by Gasteiger charge is 2.33. The van der Waals surface area contributed by atoms with E-state index in [0.29, 0.717) is 12.6 Å². The molecule has 1 heterocycles. The van der Waals surface area contributed by atoms with Gasteiger partial charge < -0.3 is 4.90 Å². The fraction of sp³-hybridized carbons (Fsp3) is 0.190. The number of nitrogens with zero attached hydrogens (tertiary/aromatic N) is 1. The van der Waals surface area contributed by atoms with Crippen LogP contribution in [0.15, 0.2) is 71.4 Å². The van der Waals surface area contributed by atoms with Crippen LogP contribution in [-0.2, 0) is 6.54 Å². The minimum Gasteiger partial charge on any atom is -0.331 e. The van der Waals surface area contributed by atoms with Crippen molar-refractivity contribution in [2.24, 2.45) is 0 Å². The highest BCUT2D eigenvalue weighted by atomic mass is 32.1. The summed E-state index contributed by atoms with van der Waals surface area (Å²) in [7, 11) is 0. The molecule has 0 unspecified atom stereocenters. The predicted molar refractivity (Wildman–Crippen MR) is 99.1 cm³/mol. The number of carbonyl (C=O) groups is 1. The van der Waals surface area contributed by atoms with E-state index in [1.54, 1.807) is 11.3 Å². The molecule has 2 nitrogen and oxygen atoms in total. The maximum Gasteiger partial charge on any atom is 0.254 e. The van der Waals surface area contributed by atoms with Crippen LogP contribution in [0.3, 0.4) is 0 Å². The molecule has 3 aromatic rings. The molecular formula is C21H19NOS. The van der Waals surface area contributed by atoms with Crippen molar-refractivity contribution in [2.45, 2.75) is 25.4 Å². The maximum absolute atomic E-state index is 12.9. The van der Waals surface area contributed by atoms with Crippen molar-refractivity contribution in [3.8, 4) is 11.1 Å². The van der Waals surface area contributed by atoms with E-state index in [2.05, 4.69) is 29.0 Å². The van der Waals surface area contributed by atoms with Crippen LogP contribution in [0.2, 0.25) is 0 Å². The molecule has 1 aromatic heterocycles. The van der Waals surface area contributed by atoms with Crippen LogP contribution in [0.25, 0.3) is 11.1 Å². The molecule has 0 bridgehead atoms. The quantitative estimate of drug-likeness (QED) is 0.627. The largest absolute Gasteiger partial charge is 0.331 e. The summed E-state index contributed by atoms with van der Waals surface area (Å²) in [5.74, 6) is 0.142. The van der Waals surface area contributed by atoms with Gasteiger partial charge in [-0.1, -0.05) is 42.5 Å². The number of thiophene rings is 1. The van der Waals surface area contributed by atoms with E-state index in [4.69, 9.17) is 0 Å². The lowest BCUT2D eigenvalue weighted by molar-refractivity contribution is 0.0730. The number of amides is 1. The summed E-state index contributed by atoms with van der Waals surface area (Å²) < 4.78 is 0. The zero-order valence-electron chi connectivity index (χ0n) is 13.4. The van der Waals surface area contributed by atoms with E-state index in [1.165, 1.54) is 11.1 Å². The van der Waals surface area contributed by atoms with Gasteiger partial charge in [0.15, 0.2) is 0 Å². The molecule has 0 N–H and O–H groups in total. The van der Waals surface area contributed by atoms with Gasteiger partial charge in [0.05, 0.1) is 0 Å². The van der Waals surface area contributed by atoms with E-state index in [1.807, 2.05) is 47.4 Å². The SMILES string of the molecule is O=C(c1ccc(-c2ccccc2)cc1)N(Cc1ccsc1)C1CC1. The van der Waals surface area contributed by atoms with Crippen LogP contribution in [-0.4, -0.2) is 16.8 Å². The van der Waals surface area contributed by atoms with E-state index >= 15 is 0 Å². The highest BCUT2D eigenvalue weighted by molar-refractivity contribution is 7.07. The Morgan fingerprint density at radius 1 is 0.958 bits per heavy atom. The number of hydrogen-bond donors (Lipinski definition) is 0. The summed E-state index contributed by atoms with van der Waals surface area (Å²) in [4.78, 5) is 15.0. The van der Waals surface area contributed by atoms with E-state index < -0.39 is 0 Å². The standard InChI is InChI=1S/C21H19NOS/c23-21(22(20-10-11-20)14-16-12-13-24-15-16)19-8-6-18(7-9-19)17-4-2-1-3-5-17/h1-9,12-13,15,20H,10-11,14H2. The minimum absolute atomic E-state index is 0.142. The fourth-order valence-corrected chi connectivity index (χ4v) is 3.59. The van der Waals surface area contributed by atoms with Gasteiger partial charge in [0, 0.05) is 18.2 Å². The molecule has 4 rings (SSSR count). The first kappa shape index (κ1) is 15.2. The first-order valence-corrected chi connectivity index (χ1v) is 9.23. The van der Waals surface area contributed by atoms with Gasteiger partial charge in [-0.25, -0.2) is 0 Å². The number of rotatable bonds is 5. The molecule has 0 radical (unpaired) electrons. The Labute approximate surface area is 146 Å². The molecule has 1 aliphatic rings. The molecule has 120 valence electrons. The van der Waals surface area contributed by atoms with Crippen molar-refractivity contribution in [1.82, 2.24) is 4.90 Å². The number of carbonyl (C=O) groups excluding carboxylic acids is 1. The lowest BCUT2D eigenvalue weighted by atomic mass is 10.0. The summed E-state index contributed by atoms with van der Waals surface area (Å²) in [6, 6.07) is 20.7. The Balaban J connectivity index is 1.54. The minimum atomic E-state index is 0.142. The van der Waals surface area contributed by atoms with Gasteiger partial charge in [0.1, 0.15) is 0 Å². The van der Waals surface area contributed by atoms with Crippen molar-refractivity contribution < 1.29 is 4.79 Å². The zero-order valence-corrected chi connectivity index (χ0v) is 14.2. The molecule has 2 aromatic carbocycles. The Bertz CT molecular complexity index is 805. The Morgan fingerprint density at radius 2 is 1.67 bits per heavy atom. The maximum atomic E-state index is 12.9. The van der Waals surface area contributed by atoms with Gasteiger partial charge in [0.25, 0.3) is 5.91 Å². The van der Waals surface area contributed by atoms with Crippen LogP contribution in [0, 0.1) is 0 Å². The lowest BCUT2D eigenvalue weighted by Crippen LogP contribution is -2.32. The van der Waals surface area contributed by atoms with Gasteiger partial charge in [0.2, 0.25) is 0 Å². The third-order valence-corrected chi connectivity index (χ3v) is 5.15. The van der Waals surface area contributed by atoms with Crippen molar-refractivity contribution in [3.05, 3.63) is 82.6 Å². The van der Waals surface area contributed by atoms with Gasteiger partial charge >= 0.3 is 0 Å². The molecule has 1 aliphatic carbocycles. The second-order valence-corrected chi connectivity index (χ2v) is 7.02. The molecule has 0 aliphatic heterocycles. The first-order valence-electron chi connectivity index (χ1n) is 8.29. The molecule has 0 saturated heterocycles. The molecular weight excluding hydrogens is 314 g/mol. The van der Waals surface area contributed by atoms with Gasteiger partial charge in [-0.3, -0.25) is 4.79 Å². The summed E-state index contributed by atoms with van der Waals surface area (Å²) in [5, 5.41) is 4.20.